The van der Waals surface area contributed by atoms with Crippen molar-refractivity contribution in [1.82, 2.24) is 4.98 Å². The number of aromatic nitrogens is 1. The highest BCUT2D eigenvalue weighted by Crippen LogP contribution is 2.27. The Morgan fingerprint density at radius 1 is 1.19 bits per heavy atom. The highest BCUT2D eigenvalue weighted by Gasteiger charge is 2.12. The van der Waals surface area contributed by atoms with Gasteiger partial charge in [-0.3, -0.25) is 4.79 Å². The Kier molecular flexibility index (Phi) is 5.53. The van der Waals surface area contributed by atoms with Crippen LogP contribution in [0.2, 0.25) is 0 Å². The largest absolute Gasteiger partial charge is 0.497 e. The van der Waals surface area contributed by atoms with E-state index in [0.717, 1.165) is 22.7 Å². The molecule has 1 amide bonds. The van der Waals surface area contributed by atoms with Gasteiger partial charge in [0.25, 0.3) is 5.91 Å². The van der Waals surface area contributed by atoms with Crippen LogP contribution in [0.3, 0.4) is 0 Å². The zero-order valence-electron chi connectivity index (χ0n) is 14.7. The number of methoxy groups -OCH3 is 1. The van der Waals surface area contributed by atoms with E-state index in [-0.39, 0.29) is 6.61 Å². The van der Waals surface area contributed by atoms with Crippen molar-refractivity contribution in [3.05, 3.63) is 64.7 Å². The summed E-state index contributed by atoms with van der Waals surface area (Å²) in [5.41, 5.74) is 8.89. The molecule has 1 aromatic heterocycles. The molecule has 3 aromatic rings. The number of benzene rings is 2. The third kappa shape index (κ3) is 4.03. The Balaban J connectivity index is 1.74. The van der Waals surface area contributed by atoms with E-state index in [9.17, 15) is 4.79 Å². The van der Waals surface area contributed by atoms with Crippen LogP contribution >= 0.6 is 11.3 Å². The minimum atomic E-state index is -0.544. The smallest absolute Gasteiger partial charge is 0.252 e. The van der Waals surface area contributed by atoms with Gasteiger partial charge in [0.15, 0.2) is 0 Å². The molecule has 0 radical (unpaired) electrons. The fourth-order valence-electron chi connectivity index (χ4n) is 2.49. The van der Waals surface area contributed by atoms with Crippen molar-refractivity contribution in [3.8, 4) is 22.1 Å². The van der Waals surface area contributed by atoms with Crippen LogP contribution in [0.4, 0.5) is 0 Å². The van der Waals surface area contributed by atoms with Gasteiger partial charge in [0, 0.05) is 17.0 Å². The molecule has 0 aliphatic rings. The molecule has 0 saturated carbocycles. The van der Waals surface area contributed by atoms with Crippen LogP contribution in [0, 0.1) is 0 Å². The fourth-order valence-corrected chi connectivity index (χ4v) is 3.30. The van der Waals surface area contributed by atoms with E-state index in [1.54, 1.807) is 36.6 Å². The predicted molar refractivity (Wildman–Crippen MR) is 103 cm³/mol. The van der Waals surface area contributed by atoms with E-state index < -0.39 is 5.91 Å². The van der Waals surface area contributed by atoms with Crippen molar-refractivity contribution in [1.29, 1.82) is 0 Å². The Labute approximate surface area is 156 Å². The van der Waals surface area contributed by atoms with Crippen molar-refractivity contribution >= 4 is 17.2 Å². The molecule has 5 nitrogen and oxygen atoms in total. The van der Waals surface area contributed by atoms with Crippen molar-refractivity contribution in [2.75, 3.05) is 7.11 Å². The van der Waals surface area contributed by atoms with Crippen LogP contribution in [0.25, 0.3) is 10.6 Å². The summed E-state index contributed by atoms with van der Waals surface area (Å²) in [6.45, 7) is 2.38. The number of rotatable bonds is 7. The number of ether oxygens (including phenoxy) is 2. The fraction of sp³-hybridized carbons (Fsp3) is 0.200. The van der Waals surface area contributed by atoms with E-state index in [1.807, 2.05) is 5.38 Å². The maximum atomic E-state index is 11.6. The lowest BCUT2D eigenvalue weighted by atomic mass is 10.1. The van der Waals surface area contributed by atoms with Crippen LogP contribution in [0.1, 0.15) is 28.5 Å². The molecule has 1 heterocycles. The van der Waals surface area contributed by atoms with Gasteiger partial charge in [-0.05, 0) is 24.1 Å². The van der Waals surface area contributed by atoms with Gasteiger partial charge in [0.05, 0.1) is 18.4 Å². The first-order valence-corrected chi connectivity index (χ1v) is 9.13. The highest BCUT2D eigenvalue weighted by molar-refractivity contribution is 7.13. The number of primary amides is 1. The standard InChI is InChI=1S/C20H20N2O3S/c1-3-13-4-6-14(7-5-13)20-22-15(12-26-20)11-25-18-10-16(24-2)8-9-17(18)19(21)23/h4-10,12H,3,11H2,1-2H3,(H2,21,23). The molecule has 3 rings (SSSR count). The average molecular weight is 368 g/mol. The molecule has 26 heavy (non-hydrogen) atoms. The number of aryl methyl sites for hydroxylation is 1. The van der Waals surface area contributed by atoms with Crippen LogP contribution in [0.15, 0.2) is 47.8 Å². The lowest BCUT2D eigenvalue weighted by Crippen LogP contribution is -2.13. The molecule has 0 fully saturated rings. The Bertz CT molecular complexity index is 904. The Morgan fingerprint density at radius 3 is 2.62 bits per heavy atom. The number of carbonyl (C=O) groups excluding carboxylic acids is 1. The van der Waals surface area contributed by atoms with Crippen LogP contribution < -0.4 is 15.2 Å². The third-order valence-corrected chi connectivity index (χ3v) is 4.93. The molecule has 0 atom stereocenters. The molecule has 0 bridgehead atoms. The number of carbonyl (C=O) groups is 1. The van der Waals surface area contributed by atoms with Gasteiger partial charge in [0.2, 0.25) is 0 Å². The zero-order valence-corrected chi connectivity index (χ0v) is 15.5. The average Bonchev–Trinajstić information content (AvgIpc) is 3.15. The first kappa shape index (κ1) is 17.9. The van der Waals surface area contributed by atoms with E-state index in [0.29, 0.717) is 17.1 Å². The molecular weight excluding hydrogens is 348 g/mol. The first-order chi connectivity index (χ1) is 12.6. The summed E-state index contributed by atoms with van der Waals surface area (Å²) in [6, 6.07) is 13.3. The van der Waals surface area contributed by atoms with E-state index in [2.05, 4.69) is 36.2 Å². The normalized spacial score (nSPS) is 10.5. The molecule has 2 N–H and O–H groups in total. The lowest BCUT2D eigenvalue weighted by Gasteiger charge is -2.10. The maximum absolute atomic E-state index is 11.6. The minimum Gasteiger partial charge on any atom is -0.497 e. The van der Waals surface area contributed by atoms with Crippen molar-refractivity contribution in [3.63, 3.8) is 0 Å². The van der Waals surface area contributed by atoms with Gasteiger partial charge in [-0.25, -0.2) is 4.98 Å². The number of thiazole rings is 1. The summed E-state index contributed by atoms with van der Waals surface area (Å²) in [5, 5.41) is 2.89. The summed E-state index contributed by atoms with van der Waals surface area (Å²) < 4.78 is 11.0. The third-order valence-electron chi connectivity index (χ3n) is 3.99. The molecule has 0 spiro atoms. The van der Waals surface area contributed by atoms with E-state index in [4.69, 9.17) is 15.2 Å². The molecule has 0 saturated heterocycles. The molecule has 0 unspecified atom stereocenters. The number of amides is 1. The van der Waals surface area contributed by atoms with Gasteiger partial charge in [-0.2, -0.15) is 0 Å². The van der Waals surface area contributed by atoms with Gasteiger partial charge in [0.1, 0.15) is 23.1 Å². The van der Waals surface area contributed by atoms with Gasteiger partial charge >= 0.3 is 0 Å². The van der Waals surface area contributed by atoms with E-state index in [1.165, 1.54) is 5.56 Å². The molecule has 134 valence electrons. The van der Waals surface area contributed by atoms with Crippen LogP contribution in [0.5, 0.6) is 11.5 Å². The predicted octanol–water partition coefficient (Wildman–Crippen LogP) is 4.06. The molecule has 6 heteroatoms. The van der Waals surface area contributed by atoms with E-state index >= 15 is 0 Å². The summed E-state index contributed by atoms with van der Waals surface area (Å²) in [6.07, 6.45) is 1.01. The van der Waals surface area contributed by atoms with Crippen LogP contribution in [-0.4, -0.2) is 18.0 Å². The number of hydrogen-bond acceptors (Lipinski definition) is 5. The van der Waals surface area contributed by atoms with Crippen LogP contribution in [-0.2, 0) is 13.0 Å². The summed E-state index contributed by atoms with van der Waals surface area (Å²) in [4.78, 5) is 16.2. The summed E-state index contributed by atoms with van der Waals surface area (Å²) in [7, 11) is 1.56. The van der Waals surface area contributed by atoms with Gasteiger partial charge < -0.3 is 15.2 Å². The summed E-state index contributed by atoms with van der Waals surface area (Å²) >= 11 is 1.56. The monoisotopic (exact) mass is 368 g/mol. The SMILES string of the molecule is CCc1ccc(-c2nc(COc3cc(OC)ccc3C(N)=O)cs2)cc1. The second-order valence-corrected chi connectivity index (χ2v) is 6.57. The Hall–Kier alpha value is -2.86. The maximum Gasteiger partial charge on any atom is 0.252 e. The lowest BCUT2D eigenvalue weighted by molar-refractivity contribution is 0.0996. The van der Waals surface area contributed by atoms with Crippen molar-refractivity contribution in [2.45, 2.75) is 20.0 Å². The molecule has 0 aliphatic carbocycles. The minimum absolute atomic E-state index is 0.247. The summed E-state index contributed by atoms with van der Waals surface area (Å²) in [5.74, 6) is 0.441. The van der Waals surface area contributed by atoms with Crippen molar-refractivity contribution in [2.24, 2.45) is 5.73 Å². The van der Waals surface area contributed by atoms with Gasteiger partial charge in [-0.15, -0.1) is 11.3 Å². The quantitative estimate of drug-likeness (QED) is 0.682. The zero-order chi connectivity index (χ0) is 18.5. The molecule has 2 aromatic carbocycles. The molecule has 0 aliphatic heterocycles. The van der Waals surface area contributed by atoms with Crippen molar-refractivity contribution < 1.29 is 14.3 Å². The highest BCUT2D eigenvalue weighted by atomic mass is 32.1. The number of hydrogen-bond donors (Lipinski definition) is 1. The number of nitrogens with zero attached hydrogens (tertiary/aromatic N) is 1. The van der Waals surface area contributed by atoms with Gasteiger partial charge in [-0.1, -0.05) is 31.2 Å². The first-order valence-electron chi connectivity index (χ1n) is 8.25. The second-order valence-electron chi connectivity index (χ2n) is 5.71. The molecular formula is C20H20N2O3S. The number of nitrogens with two attached hydrogens (primary N) is 1. The Morgan fingerprint density at radius 2 is 1.96 bits per heavy atom. The second kappa shape index (κ2) is 8.01. The topological polar surface area (TPSA) is 74.4 Å².